The molecule has 1 aliphatic heterocycles. The number of rotatable bonds is 3. The van der Waals surface area contributed by atoms with Crippen molar-refractivity contribution in [3.8, 4) is 5.69 Å². The summed E-state index contributed by atoms with van der Waals surface area (Å²) in [6.07, 6.45) is -3.45. The van der Waals surface area contributed by atoms with Crippen molar-refractivity contribution < 1.29 is 27.9 Å². The Labute approximate surface area is 145 Å². The first-order valence-corrected chi connectivity index (χ1v) is 7.59. The van der Waals surface area contributed by atoms with E-state index in [1.54, 1.807) is 30.3 Å². The number of hydrogen-bond donors (Lipinski definition) is 2. The zero-order chi connectivity index (χ0) is 18.9. The van der Waals surface area contributed by atoms with Crippen LogP contribution in [-0.4, -0.2) is 56.3 Å². The minimum absolute atomic E-state index is 0.0428. The van der Waals surface area contributed by atoms with Crippen molar-refractivity contribution in [1.82, 2.24) is 19.9 Å². The molecule has 2 aromatic rings. The van der Waals surface area contributed by atoms with Crippen LogP contribution >= 0.6 is 0 Å². The highest BCUT2D eigenvalue weighted by Crippen LogP contribution is 2.37. The quantitative estimate of drug-likeness (QED) is 0.862. The Bertz CT molecular complexity index is 808. The van der Waals surface area contributed by atoms with Gasteiger partial charge in [-0.25, -0.2) is 4.79 Å². The van der Waals surface area contributed by atoms with Crippen LogP contribution in [0, 0.1) is 11.8 Å². The zero-order valence-electron chi connectivity index (χ0n) is 13.2. The molecule has 1 fully saturated rings. The lowest BCUT2D eigenvalue weighted by Gasteiger charge is -2.18. The summed E-state index contributed by atoms with van der Waals surface area (Å²) in [6, 6.07) is 7.95. The molecule has 26 heavy (non-hydrogen) atoms. The van der Waals surface area contributed by atoms with Gasteiger partial charge in [0.25, 0.3) is 0 Å². The Morgan fingerprint density at radius 2 is 1.88 bits per heavy atom. The predicted octanol–water partition coefficient (Wildman–Crippen LogP) is 1.99. The highest BCUT2D eigenvalue weighted by atomic mass is 19.4. The van der Waals surface area contributed by atoms with E-state index in [-0.39, 0.29) is 5.82 Å². The topological polar surface area (TPSA) is 100 Å². The van der Waals surface area contributed by atoms with Crippen LogP contribution in [0.1, 0.15) is 0 Å². The highest BCUT2D eigenvalue weighted by molar-refractivity contribution is 5.89. The Morgan fingerprint density at radius 3 is 2.46 bits per heavy atom. The SMILES string of the molecule is O=C(O)[C@@H]1CN(C(=O)Nc2cnn(-c3ccccc3)n2)C[C@H]1C(F)(F)F. The highest BCUT2D eigenvalue weighted by Gasteiger charge is 2.53. The summed E-state index contributed by atoms with van der Waals surface area (Å²) < 4.78 is 38.9. The molecule has 2 heterocycles. The number of nitrogens with one attached hydrogen (secondary N) is 1. The molecule has 2 atom stereocenters. The molecule has 0 radical (unpaired) electrons. The number of aromatic nitrogens is 3. The first kappa shape index (κ1) is 17.7. The van der Waals surface area contributed by atoms with Gasteiger partial charge in [0.2, 0.25) is 0 Å². The molecule has 11 heteroatoms. The number of anilines is 1. The van der Waals surface area contributed by atoms with E-state index in [1.165, 1.54) is 11.0 Å². The second-order valence-corrected chi connectivity index (χ2v) is 5.78. The largest absolute Gasteiger partial charge is 0.481 e. The van der Waals surface area contributed by atoms with Gasteiger partial charge < -0.3 is 10.0 Å². The molecule has 138 valence electrons. The molecule has 8 nitrogen and oxygen atoms in total. The zero-order valence-corrected chi connectivity index (χ0v) is 13.2. The Kier molecular flexibility index (Phi) is 4.53. The average molecular weight is 369 g/mol. The van der Waals surface area contributed by atoms with Crippen molar-refractivity contribution in [1.29, 1.82) is 0 Å². The number of para-hydroxylation sites is 1. The summed E-state index contributed by atoms with van der Waals surface area (Å²) in [7, 11) is 0. The van der Waals surface area contributed by atoms with Gasteiger partial charge >= 0.3 is 18.2 Å². The smallest absolute Gasteiger partial charge is 0.394 e. The van der Waals surface area contributed by atoms with Crippen LogP contribution < -0.4 is 5.32 Å². The lowest BCUT2D eigenvalue weighted by Crippen LogP contribution is -2.35. The summed E-state index contributed by atoms with van der Waals surface area (Å²) in [6.45, 7) is -1.25. The van der Waals surface area contributed by atoms with Crippen LogP contribution in [0.3, 0.4) is 0 Å². The molecular weight excluding hydrogens is 355 g/mol. The molecule has 1 aromatic carbocycles. The number of urea groups is 1. The molecule has 0 spiro atoms. The molecule has 0 unspecified atom stereocenters. The lowest BCUT2D eigenvalue weighted by molar-refractivity contribution is -0.187. The first-order valence-electron chi connectivity index (χ1n) is 7.59. The average Bonchev–Trinajstić information content (AvgIpc) is 3.22. The molecule has 1 aliphatic rings. The Morgan fingerprint density at radius 1 is 1.19 bits per heavy atom. The number of nitrogens with zero attached hydrogens (tertiary/aromatic N) is 4. The fraction of sp³-hybridized carbons (Fsp3) is 0.333. The van der Waals surface area contributed by atoms with Gasteiger partial charge in [-0.3, -0.25) is 10.1 Å². The standard InChI is InChI=1S/C15H14F3N5O3/c16-15(17,18)11-8-22(7-10(11)13(24)25)14(26)20-12-6-19-23(21-12)9-4-2-1-3-5-9/h1-6,10-11H,7-8H2,(H,24,25)(H,20,21,26)/t10-,11-/m1/s1. The van der Waals surface area contributed by atoms with Crippen LogP contribution in [0.2, 0.25) is 0 Å². The van der Waals surface area contributed by atoms with E-state index in [9.17, 15) is 22.8 Å². The second-order valence-electron chi connectivity index (χ2n) is 5.78. The van der Waals surface area contributed by atoms with E-state index >= 15 is 0 Å². The van der Waals surface area contributed by atoms with Crippen molar-refractivity contribution in [2.24, 2.45) is 11.8 Å². The van der Waals surface area contributed by atoms with Gasteiger partial charge in [-0.1, -0.05) is 18.2 Å². The minimum atomic E-state index is -4.70. The van der Waals surface area contributed by atoms with Gasteiger partial charge in [0.05, 0.1) is 23.7 Å². The van der Waals surface area contributed by atoms with Crippen LogP contribution in [0.25, 0.3) is 5.69 Å². The number of alkyl halides is 3. The van der Waals surface area contributed by atoms with Crippen LogP contribution in [0.5, 0.6) is 0 Å². The molecule has 2 amide bonds. The fourth-order valence-electron chi connectivity index (χ4n) is 2.75. The van der Waals surface area contributed by atoms with Gasteiger partial charge in [-0.15, -0.1) is 9.90 Å². The summed E-state index contributed by atoms with van der Waals surface area (Å²) in [5.41, 5.74) is 0.636. The third kappa shape index (κ3) is 3.60. The molecule has 0 aliphatic carbocycles. The number of hydrogen-bond acceptors (Lipinski definition) is 4. The Balaban J connectivity index is 1.69. The van der Waals surface area contributed by atoms with Gasteiger partial charge in [-0.2, -0.15) is 18.3 Å². The number of likely N-dealkylation sites (tertiary alicyclic amines) is 1. The third-order valence-electron chi connectivity index (χ3n) is 4.06. The van der Waals surface area contributed by atoms with Crippen LogP contribution in [0.4, 0.5) is 23.8 Å². The number of carboxylic acid groups (broad SMARTS) is 1. The number of halogens is 3. The molecule has 3 rings (SSSR count). The number of amides is 2. The van der Waals surface area contributed by atoms with E-state index in [0.29, 0.717) is 5.69 Å². The second kappa shape index (κ2) is 6.65. The Hall–Kier alpha value is -3.11. The number of aliphatic carboxylic acids is 1. The van der Waals surface area contributed by atoms with E-state index in [4.69, 9.17) is 5.11 Å². The monoisotopic (exact) mass is 369 g/mol. The summed E-state index contributed by atoms with van der Waals surface area (Å²) in [5.74, 6) is -5.34. The van der Waals surface area contributed by atoms with Crippen molar-refractivity contribution in [2.45, 2.75) is 6.18 Å². The summed E-state index contributed by atoms with van der Waals surface area (Å²) in [5, 5.41) is 19.3. The summed E-state index contributed by atoms with van der Waals surface area (Å²) in [4.78, 5) is 25.3. The molecule has 1 aromatic heterocycles. The first-order chi connectivity index (χ1) is 12.3. The number of benzene rings is 1. The number of carboxylic acids is 1. The molecule has 2 N–H and O–H groups in total. The maximum atomic E-state index is 13.0. The predicted molar refractivity (Wildman–Crippen MR) is 82.6 cm³/mol. The van der Waals surface area contributed by atoms with Gasteiger partial charge in [0, 0.05) is 13.1 Å². The maximum Gasteiger partial charge on any atom is 0.394 e. The molecule has 0 saturated carbocycles. The van der Waals surface area contributed by atoms with Crippen molar-refractivity contribution in [2.75, 3.05) is 18.4 Å². The van der Waals surface area contributed by atoms with E-state index in [2.05, 4.69) is 15.5 Å². The van der Waals surface area contributed by atoms with Crippen molar-refractivity contribution in [3.05, 3.63) is 36.5 Å². The van der Waals surface area contributed by atoms with E-state index in [0.717, 1.165) is 4.90 Å². The van der Waals surface area contributed by atoms with Gasteiger partial charge in [0.15, 0.2) is 5.82 Å². The lowest BCUT2D eigenvalue weighted by atomic mass is 9.96. The molecule has 1 saturated heterocycles. The van der Waals surface area contributed by atoms with Crippen LogP contribution in [-0.2, 0) is 4.79 Å². The van der Waals surface area contributed by atoms with Crippen LogP contribution in [0.15, 0.2) is 36.5 Å². The van der Waals surface area contributed by atoms with E-state index in [1.807, 2.05) is 0 Å². The van der Waals surface area contributed by atoms with Crippen molar-refractivity contribution in [3.63, 3.8) is 0 Å². The minimum Gasteiger partial charge on any atom is -0.481 e. The number of carbonyl (C=O) groups is 2. The normalized spacial score (nSPS) is 20.2. The molecular formula is C15H14F3N5O3. The number of carbonyl (C=O) groups excluding carboxylic acids is 1. The molecule has 0 bridgehead atoms. The van der Waals surface area contributed by atoms with Crippen molar-refractivity contribution >= 4 is 17.8 Å². The van der Waals surface area contributed by atoms with Gasteiger partial charge in [0.1, 0.15) is 0 Å². The maximum absolute atomic E-state index is 13.0. The fourth-order valence-corrected chi connectivity index (χ4v) is 2.75. The summed E-state index contributed by atoms with van der Waals surface area (Å²) >= 11 is 0. The van der Waals surface area contributed by atoms with E-state index < -0.39 is 43.1 Å². The third-order valence-corrected chi connectivity index (χ3v) is 4.06. The van der Waals surface area contributed by atoms with Gasteiger partial charge in [-0.05, 0) is 12.1 Å².